The van der Waals surface area contributed by atoms with Gasteiger partial charge in [0.2, 0.25) is 0 Å². The summed E-state index contributed by atoms with van der Waals surface area (Å²) in [6, 6.07) is 0. The van der Waals surface area contributed by atoms with Gasteiger partial charge in [-0.2, -0.15) is 26.3 Å². The Morgan fingerprint density at radius 2 is 1.27 bits per heavy atom. The number of hydrogen-bond donors (Lipinski definition) is 1. The molecule has 0 saturated carbocycles. The van der Waals surface area contributed by atoms with E-state index in [1.54, 1.807) is 0 Å². The van der Waals surface area contributed by atoms with E-state index in [1.807, 2.05) is 0 Å². The van der Waals surface area contributed by atoms with Crippen molar-refractivity contribution in [1.82, 2.24) is 5.54 Å². The zero-order valence-electron chi connectivity index (χ0n) is 7.63. The summed E-state index contributed by atoms with van der Waals surface area (Å²) in [5.41, 5.74) is -5.32. The first-order valence-electron chi connectivity index (χ1n) is 3.67. The van der Waals surface area contributed by atoms with E-state index in [1.165, 1.54) is 0 Å². The molecule has 9 heteroatoms. The van der Waals surface area contributed by atoms with Gasteiger partial charge in [0, 0.05) is 0 Å². The van der Waals surface area contributed by atoms with Crippen LogP contribution in [0.15, 0.2) is 0 Å². The van der Waals surface area contributed by atoms with Gasteiger partial charge >= 0.3 is 18.1 Å². The highest BCUT2D eigenvalue weighted by Gasteiger charge is 2.74. The maximum Gasteiger partial charge on any atom is 0.443 e. The minimum atomic E-state index is -5.95. The minimum absolute atomic E-state index is 0.345. The van der Waals surface area contributed by atoms with Crippen molar-refractivity contribution in [2.75, 3.05) is 0 Å². The zero-order valence-corrected chi connectivity index (χ0v) is 7.63. The van der Waals surface area contributed by atoms with Crippen molar-refractivity contribution in [1.29, 1.82) is 0 Å². The minimum Gasteiger partial charge on any atom is -0.340 e. The molecule has 0 spiro atoms. The van der Waals surface area contributed by atoms with Crippen LogP contribution in [0.2, 0.25) is 0 Å². The van der Waals surface area contributed by atoms with Crippen LogP contribution in [0.4, 0.5) is 30.8 Å². The quantitative estimate of drug-likeness (QED) is 0.467. The summed E-state index contributed by atoms with van der Waals surface area (Å²) in [7, 11) is 0. The average molecular weight is 243 g/mol. The molecular weight excluding hydrogens is 235 g/mol. The molecule has 1 N–H and O–H groups in total. The second kappa shape index (κ2) is 4.12. The number of rotatable bonds is 3. The molecule has 0 unspecified atom stereocenters. The molecule has 0 aromatic rings. The van der Waals surface area contributed by atoms with Gasteiger partial charge in [0.25, 0.3) is 0 Å². The van der Waals surface area contributed by atoms with Gasteiger partial charge in [-0.3, -0.25) is 0 Å². The summed E-state index contributed by atoms with van der Waals surface area (Å²) in [5, 5.41) is 0. The molecule has 2 nitrogen and oxygen atoms in total. The van der Waals surface area contributed by atoms with E-state index in [-0.39, 0.29) is 5.54 Å². The number of nitrogens with one attached hydrogen (secondary N) is 1. The van der Waals surface area contributed by atoms with Crippen LogP contribution in [-0.4, -0.2) is 24.2 Å². The van der Waals surface area contributed by atoms with E-state index in [4.69, 9.17) is 0 Å². The van der Waals surface area contributed by atoms with Crippen molar-refractivity contribution in [3.8, 4) is 0 Å². The van der Waals surface area contributed by atoms with Crippen LogP contribution in [0.25, 0.3) is 0 Å². The fourth-order valence-electron chi connectivity index (χ4n) is 0.777. The van der Waals surface area contributed by atoms with E-state index >= 15 is 0 Å². The lowest BCUT2D eigenvalue weighted by atomic mass is 10.2. The normalized spacial score (nSPS) is 14.8. The molecule has 0 saturated heterocycles. The smallest absolute Gasteiger partial charge is 0.340 e. The largest absolute Gasteiger partial charge is 0.443 e. The Balaban J connectivity index is 5.33. The molecule has 0 rings (SSSR count). The number of hydrogen-bond acceptors (Lipinski definition) is 2. The van der Waals surface area contributed by atoms with Crippen LogP contribution in [0, 0.1) is 0 Å². The topological polar surface area (TPSA) is 21.3 Å². The summed E-state index contributed by atoms with van der Waals surface area (Å²) < 4.78 is 87.9. The number of halogens is 7. The van der Waals surface area contributed by atoms with E-state index in [9.17, 15) is 30.8 Å². The van der Waals surface area contributed by atoms with Crippen molar-refractivity contribution in [3.05, 3.63) is 0 Å². The lowest BCUT2D eigenvalue weighted by molar-refractivity contribution is -0.411. The van der Waals surface area contributed by atoms with E-state index < -0.39 is 24.2 Å². The second-order valence-electron chi connectivity index (χ2n) is 2.94. The number of ether oxygens (including phenoxy) is 1. The summed E-state index contributed by atoms with van der Waals surface area (Å²) in [6.07, 6.45) is -13.4. The van der Waals surface area contributed by atoms with Crippen LogP contribution in [-0.2, 0) is 4.74 Å². The van der Waals surface area contributed by atoms with Crippen LogP contribution in [0.3, 0.4) is 0 Å². The molecule has 0 amide bonds. The third-order valence-corrected chi connectivity index (χ3v) is 1.34. The Morgan fingerprint density at radius 1 is 0.933 bits per heavy atom. The van der Waals surface area contributed by atoms with Crippen molar-refractivity contribution in [2.45, 2.75) is 38.0 Å². The Bertz CT molecular complexity index is 195. The van der Waals surface area contributed by atoms with Gasteiger partial charge in [0.1, 0.15) is 0 Å². The standard InChI is InChI=1S/C6H8F7NO/c1-3(2)15-4(14-13,5(7,8)9)6(10,11)12/h3,14H,1-2H3. The first kappa shape index (κ1) is 14.4. The van der Waals surface area contributed by atoms with Gasteiger partial charge in [0.15, 0.2) is 0 Å². The number of alkyl halides is 6. The van der Waals surface area contributed by atoms with Gasteiger partial charge in [-0.25, -0.2) is 0 Å². The summed E-state index contributed by atoms with van der Waals surface area (Å²) in [6.45, 7) is 1.84. The third-order valence-electron chi connectivity index (χ3n) is 1.34. The van der Waals surface area contributed by atoms with E-state index in [0.29, 0.717) is 0 Å². The molecule has 0 fully saturated rings. The van der Waals surface area contributed by atoms with E-state index in [0.717, 1.165) is 13.8 Å². The van der Waals surface area contributed by atoms with Crippen LogP contribution in [0.1, 0.15) is 13.8 Å². The van der Waals surface area contributed by atoms with Gasteiger partial charge in [0.05, 0.1) is 6.10 Å². The van der Waals surface area contributed by atoms with Crippen LogP contribution in [0.5, 0.6) is 0 Å². The van der Waals surface area contributed by atoms with Crippen molar-refractivity contribution >= 4 is 0 Å². The molecule has 0 heterocycles. The Morgan fingerprint density at radius 3 is 1.33 bits per heavy atom. The zero-order chi connectivity index (χ0) is 12.5. The SMILES string of the molecule is CC(C)OC(NF)(C(F)(F)F)C(F)(F)F. The molecule has 92 valence electrons. The maximum atomic E-state index is 12.1. The lowest BCUT2D eigenvalue weighted by Gasteiger charge is -2.35. The highest BCUT2D eigenvalue weighted by Crippen LogP contribution is 2.44. The first-order chi connectivity index (χ1) is 6.48. The summed E-state index contributed by atoms with van der Waals surface area (Å²) >= 11 is 0. The monoisotopic (exact) mass is 243 g/mol. The molecule has 15 heavy (non-hydrogen) atoms. The third kappa shape index (κ3) is 2.71. The van der Waals surface area contributed by atoms with Crippen LogP contribution < -0.4 is 5.54 Å². The van der Waals surface area contributed by atoms with Crippen molar-refractivity contribution in [3.63, 3.8) is 0 Å². The molecule has 0 aromatic carbocycles. The van der Waals surface area contributed by atoms with Gasteiger partial charge in [-0.15, -0.1) is 10.0 Å². The molecule has 0 atom stereocenters. The van der Waals surface area contributed by atoms with Crippen molar-refractivity contribution < 1.29 is 35.6 Å². The average Bonchev–Trinajstić information content (AvgIpc) is 1.94. The van der Waals surface area contributed by atoms with E-state index in [2.05, 4.69) is 4.74 Å². The molecule has 0 aliphatic carbocycles. The predicted molar refractivity (Wildman–Crippen MR) is 35.3 cm³/mol. The molecular formula is C6H8F7NO. The highest BCUT2D eigenvalue weighted by atomic mass is 19.4. The Hall–Kier alpha value is -0.570. The second-order valence-corrected chi connectivity index (χ2v) is 2.94. The lowest BCUT2D eigenvalue weighted by Crippen LogP contribution is -2.66. The van der Waals surface area contributed by atoms with Gasteiger partial charge < -0.3 is 4.74 Å². The molecule has 0 radical (unpaired) electrons. The van der Waals surface area contributed by atoms with Crippen LogP contribution >= 0.6 is 0 Å². The molecule has 0 aliphatic rings. The molecule has 0 bridgehead atoms. The van der Waals surface area contributed by atoms with Gasteiger partial charge in [-0.05, 0) is 13.8 Å². The summed E-state index contributed by atoms with van der Waals surface area (Å²) in [4.78, 5) is 0. The summed E-state index contributed by atoms with van der Waals surface area (Å²) in [5.74, 6) is 0. The Kier molecular flexibility index (Phi) is 3.97. The van der Waals surface area contributed by atoms with Crippen molar-refractivity contribution in [2.24, 2.45) is 0 Å². The fourth-order valence-corrected chi connectivity index (χ4v) is 0.777. The fraction of sp³-hybridized carbons (Fsp3) is 1.00. The highest BCUT2D eigenvalue weighted by molar-refractivity contribution is 4.91. The molecule has 0 aliphatic heterocycles. The predicted octanol–water partition coefficient (Wildman–Crippen LogP) is 2.71. The van der Waals surface area contributed by atoms with Gasteiger partial charge in [-0.1, -0.05) is 0 Å². The molecule has 0 aromatic heterocycles. The Labute approximate surface area is 80.3 Å². The maximum absolute atomic E-state index is 12.1. The first-order valence-corrected chi connectivity index (χ1v) is 3.67.